The first-order chi connectivity index (χ1) is 8.69. The molecule has 1 aliphatic rings. The van der Waals surface area contributed by atoms with E-state index in [0.717, 1.165) is 19.6 Å². The van der Waals surface area contributed by atoms with E-state index >= 15 is 0 Å². The molecule has 1 fully saturated rings. The summed E-state index contributed by atoms with van der Waals surface area (Å²) in [7, 11) is 0. The number of rotatable bonds is 4. The molecule has 0 unspecified atom stereocenters. The fourth-order valence-electron chi connectivity index (χ4n) is 2.54. The summed E-state index contributed by atoms with van der Waals surface area (Å²) in [4.78, 5) is 13.4. The Morgan fingerprint density at radius 1 is 1.39 bits per heavy atom. The zero-order valence-electron chi connectivity index (χ0n) is 10.7. The maximum absolute atomic E-state index is 11.1. The van der Waals surface area contributed by atoms with Gasteiger partial charge in [0, 0.05) is 45.1 Å². The molecule has 1 heterocycles. The van der Waals surface area contributed by atoms with E-state index in [0.29, 0.717) is 0 Å². The first kappa shape index (κ1) is 13.1. The molecule has 18 heavy (non-hydrogen) atoms. The normalized spacial score (nSPS) is 24.1. The van der Waals surface area contributed by atoms with Crippen LogP contribution in [0.5, 0.6) is 0 Å². The maximum atomic E-state index is 11.1. The predicted octanol–water partition coefficient (Wildman–Crippen LogP) is 0.615. The van der Waals surface area contributed by atoms with Gasteiger partial charge in [-0.25, -0.2) is 0 Å². The fourth-order valence-corrected chi connectivity index (χ4v) is 2.54. The molecule has 0 radical (unpaired) electrons. The van der Waals surface area contributed by atoms with Gasteiger partial charge in [0.05, 0.1) is 0 Å². The lowest BCUT2D eigenvalue weighted by Gasteiger charge is -2.16. The number of aliphatic hydroxyl groups is 1. The Balaban J connectivity index is 1.94. The number of aliphatic hydroxyl groups excluding tert-OH is 1. The van der Waals surface area contributed by atoms with Crippen molar-refractivity contribution in [3.8, 4) is 0 Å². The Morgan fingerprint density at radius 2 is 2.11 bits per heavy atom. The summed E-state index contributed by atoms with van der Waals surface area (Å²) in [5, 5.41) is 12.3. The van der Waals surface area contributed by atoms with Crippen LogP contribution in [0.3, 0.4) is 0 Å². The van der Waals surface area contributed by atoms with Gasteiger partial charge in [0.15, 0.2) is 0 Å². The number of benzene rings is 1. The highest BCUT2D eigenvalue weighted by molar-refractivity contribution is 5.73. The Kier molecular flexibility index (Phi) is 4.33. The van der Waals surface area contributed by atoms with Crippen LogP contribution < -0.4 is 5.32 Å². The van der Waals surface area contributed by atoms with Crippen molar-refractivity contribution < 1.29 is 9.90 Å². The standard InChI is InChI=1S/C14H20N2O2/c1-11(18)15-14-9-16(8-13(14)10-17)7-12-5-3-2-4-6-12/h2-6,13-14,17H,7-10H2,1H3,(H,15,18)/t13-,14+/m1/s1. The quantitative estimate of drug-likeness (QED) is 0.821. The number of nitrogens with one attached hydrogen (secondary N) is 1. The zero-order chi connectivity index (χ0) is 13.0. The minimum atomic E-state index is -0.0278. The van der Waals surface area contributed by atoms with E-state index in [1.165, 1.54) is 12.5 Å². The molecule has 2 N–H and O–H groups in total. The summed E-state index contributed by atoms with van der Waals surface area (Å²) < 4.78 is 0. The molecule has 0 aromatic heterocycles. The van der Waals surface area contributed by atoms with Crippen LogP contribution in [0.2, 0.25) is 0 Å². The highest BCUT2D eigenvalue weighted by Gasteiger charge is 2.32. The second-order valence-corrected chi connectivity index (χ2v) is 4.93. The Bertz CT molecular complexity index is 394. The lowest BCUT2D eigenvalue weighted by molar-refractivity contribution is -0.119. The molecule has 1 aromatic carbocycles. The van der Waals surface area contributed by atoms with Crippen molar-refractivity contribution in [1.29, 1.82) is 0 Å². The van der Waals surface area contributed by atoms with Crippen molar-refractivity contribution in [3.63, 3.8) is 0 Å². The van der Waals surface area contributed by atoms with Crippen LogP contribution in [0.25, 0.3) is 0 Å². The molecule has 0 spiro atoms. The third-order valence-electron chi connectivity index (χ3n) is 3.39. The Hall–Kier alpha value is -1.39. The molecule has 1 aliphatic heterocycles. The molecule has 4 heteroatoms. The molecule has 98 valence electrons. The van der Waals surface area contributed by atoms with Gasteiger partial charge in [-0.15, -0.1) is 0 Å². The minimum absolute atomic E-state index is 0.0278. The Labute approximate surface area is 108 Å². The number of carbonyl (C=O) groups is 1. The first-order valence-electron chi connectivity index (χ1n) is 6.33. The summed E-state index contributed by atoms with van der Waals surface area (Å²) in [5.41, 5.74) is 1.26. The lowest BCUT2D eigenvalue weighted by atomic mass is 10.1. The largest absolute Gasteiger partial charge is 0.396 e. The van der Waals surface area contributed by atoms with E-state index in [9.17, 15) is 9.90 Å². The average Bonchev–Trinajstić information content (AvgIpc) is 2.71. The SMILES string of the molecule is CC(=O)N[C@H]1CN(Cc2ccccc2)C[C@@H]1CO. The first-order valence-corrected chi connectivity index (χ1v) is 6.33. The van der Waals surface area contributed by atoms with Crippen LogP contribution in [0.4, 0.5) is 0 Å². The maximum Gasteiger partial charge on any atom is 0.217 e. The van der Waals surface area contributed by atoms with E-state index in [1.807, 2.05) is 18.2 Å². The molecular weight excluding hydrogens is 228 g/mol. The number of hydrogen-bond acceptors (Lipinski definition) is 3. The summed E-state index contributed by atoms with van der Waals surface area (Å²) in [6, 6.07) is 10.3. The van der Waals surface area contributed by atoms with Crippen molar-refractivity contribution in [2.75, 3.05) is 19.7 Å². The summed E-state index contributed by atoms with van der Waals surface area (Å²) in [6.07, 6.45) is 0. The van der Waals surface area contributed by atoms with E-state index in [-0.39, 0.29) is 24.5 Å². The number of amides is 1. The zero-order valence-corrected chi connectivity index (χ0v) is 10.7. The molecule has 1 aromatic rings. The third kappa shape index (κ3) is 3.31. The smallest absolute Gasteiger partial charge is 0.217 e. The van der Waals surface area contributed by atoms with E-state index in [4.69, 9.17) is 0 Å². The summed E-state index contributed by atoms with van der Waals surface area (Å²) in [6.45, 7) is 4.15. The van der Waals surface area contributed by atoms with Gasteiger partial charge >= 0.3 is 0 Å². The minimum Gasteiger partial charge on any atom is -0.396 e. The topological polar surface area (TPSA) is 52.6 Å². The third-order valence-corrected chi connectivity index (χ3v) is 3.39. The van der Waals surface area contributed by atoms with Crippen LogP contribution in [0.1, 0.15) is 12.5 Å². The lowest BCUT2D eigenvalue weighted by Crippen LogP contribution is -2.40. The molecule has 0 bridgehead atoms. The highest BCUT2D eigenvalue weighted by Crippen LogP contribution is 2.19. The second-order valence-electron chi connectivity index (χ2n) is 4.93. The average molecular weight is 248 g/mol. The molecule has 0 saturated carbocycles. The molecule has 1 saturated heterocycles. The molecule has 1 amide bonds. The van der Waals surface area contributed by atoms with Crippen LogP contribution in [-0.4, -0.2) is 41.7 Å². The highest BCUT2D eigenvalue weighted by atomic mass is 16.3. The number of carbonyl (C=O) groups excluding carboxylic acids is 1. The van der Waals surface area contributed by atoms with E-state index < -0.39 is 0 Å². The molecule has 2 atom stereocenters. The van der Waals surface area contributed by atoms with Crippen molar-refractivity contribution in [1.82, 2.24) is 10.2 Å². The monoisotopic (exact) mass is 248 g/mol. The van der Waals surface area contributed by atoms with Crippen molar-refractivity contribution >= 4 is 5.91 Å². The van der Waals surface area contributed by atoms with Gasteiger partial charge in [-0.3, -0.25) is 9.69 Å². The Morgan fingerprint density at radius 3 is 2.72 bits per heavy atom. The van der Waals surface area contributed by atoms with Crippen molar-refractivity contribution in [2.24, 2.45) is 5.92 Å². The van der Waals surface area contributed by atoms with Gasteiger partial charge in [-0.05, 0) is 5.56 Å². The number of likely N-dealkylation sites (tertiary alicyclic amines) is 1. The van der Waals surface area contributed by atoms with Gasteiger partial charge < -0.3 is 10.4 Å². The number of nitrogens with zero attached hydrogens (tertiary/aromatic N) is 1. The van der Waals surface area contributed by atoms with Crippen molar-refractivity contribution in [2.45, 2.75) is 19.5 Å². The fraction of sp³-hybridized carbons (Fsp3) is 0.500. The molecule has 2 rings (SSSR count). The predicted molar refractivity (Wildman–Crippen MR) is 69.9 cm³/mol. The van der Waals surface area contributed by atoms with E-state index in [1.54, 1.807) is 0 Å². The van der Waals surface area contributed by atoms with Crippen LogP contribution in [0.15, 0.2) is 30.3 Å². The van der Waals surface area contributed by atoms with Gasteiger partial charge in [-0.2, -0.15) is 0 Å². The van der Waals surface area contributed by atoms with Gasteiger partial charge in [-0.1, -0.05) is 30.3 Å². The number of hydrogen-bond donors (Lipinski definition) is 2. The molecule has 4 nitrogen and oxygen atoms in total. The molecule has 0 aliphatic carbocycles. The van der Waals surface area contributed by atoms with Gasteiger partial charge in [0.25, 0.3) is 0 Å². The summed E-state index contributed by atoms with van der Waals surface area (Å²) >= 11 is 0. The molecular formula is C14H20N2O2. The summed E-state index contributed by atoms with van der Waals surface area (Å²) in [5.74, 6) is 0.109. The van der Waals surface area contributed by atoms with Gasteiger partial charge in [0.2, 0.25) is 5.91 Å². The van der Waals surface area contributed by atoms with Crippen LogP contribution >= 0.6 is 0 Å². The van der Waals surface area contributed by atoms with E-state index in [2.05, 4.69) is 22.3 Å². The van der Waals surface area contributed by atoms with Crippen LogP contribution in [0, 0.1) is 5.92 Å². The second kappa shape index (κ2) is 5.98. The van der Waals surface area contributed by atoms with Gasteiger partial charge in [0.1, 0.15) is 0 Å². The van der Waals surface area contributed by atoms with Crippen LogP contribution in [-0.2, 0) is 11.3 Å². The van der Waals surface area contributed by atoms with Crippen molar-refractivity contribution in [3.05, 3.63) is 35.9 Å².